The zero-order valence-corrected chi connectivity index (χ0v) is 9.65. The molecule has 1 N–H and O–H groups in total. The second kappa shape index (κ2) is 4.70. The number of benzene rings is 1. The second-order valence-electron chi connectivity index (χ2n) is 3.69. The average molecular weight is 245 g/mol. The van der Waals surface area contributed by atoms with Gasteiger partial charge in [0, 0.05) is 11.6 Å². The Hall–Kier alpha value is -2.63. The fourth-order valence-electron chi connectivity index (χ4n) is 1.53. The van der Waals surface area contributed by atoms with Gasteiger partial charge in [0.2, 0.25) is 5.82 Å². The lowest BCUT2D eigenvalue weighted by Gasteiger charge is -1.99. The van der Waals surface area contributed by atoms with Crippen molar-refractivity contribution in [3.05, 3.63) is 58.0 Å². The Morgan fingerprint density at radius 3 is 2.67 bits per heavy atom. The van der Waals surface area contributed by atoms with Crippen molar-refractivity contribution >= 4 is 17.7 Å². The van der Waals surface area contributed by atoms with Gasteiger partial charge in [-0.15, -0.1) is 0 Å². The highest BCUT2D eigenvalue weighted by Crippen LogP contribution is 2.17. The molecule has 0 saturated carbocycles. The molecular formula is C12H11N3O3. The summed E-state index contributed by atoms with van der Waals surface area (Å²) in [5, 5.41) is 20.5. The Labute approximate surface area is 103 Å². The molecule has 0 amide bonds. The van der Waals surface area contributed by atoms with E-state index in [-0.39, 0.29) is 11.6 Å². The molecule has 0 atom stereocenters. The molecule has 1 aromatic carbocycles. The van der Waals surface area contributed by atoms with Crippen LogP contribution in [-0.4, -0.2) is 19.6 Å². The van der Waals surface area contributed by atoms with Crippen LogP contribution in [-0.2, 0) is 7.05 Å². The third-order valence-corrected chi connectivity index (χ3v) is 2.52. The third-order valence-electron chi connectivity index (χ3n) is 2.52. The van der Waals surface area contributed by atoms with Gasteiger partial charge in [0.05, 0.1) is 7.05 Å². The summed E-state index contributed by atoms with van der Waals surface area (Å²) in [6.45, 7) is 0. The van der Waals surface area contributed by atoms with Crippen LogP contribution in [0.3, 0.4) is 0 Å². The number of aliphatic hydroxyl groups excluding tert-OH is 1. The number of hydrogen-bond donors (Lipinski definition) is 1. The summed E-state index contributed by atoms with van der Waals surface area (Å²) in [5.41, 5.74) is 0.628. The van der Waals surface area contributed by atoms with Crippen molar-refractivity contribution in [2.24, 2.45) is 7.05 Å². The topological polar surface area (TPSA) is 81.2 Å². The largest absolute Gasteiger partial charge is 0.507 e. The maximum absolute atomic E-state index is 10.7. The molecular weight excluding hydrogens is 234 g/mol. The standard InChI is InChI=1S/C12H11N3O3/c1-14-11(13-8-12(14)15(17)18)7-10(16)9-5-3-2-4-6-9/h2-8,16H,1H3. The molecule has 0 saturated heterocycles. The molecule has 1 heterocycles. The van der Waals surface area contributed by atoms with Crippen LogP contribution in [0.15, 0.2) is 36.5 Å². The highest BCUT2D eigenvalue weighted by Gasteiger charge is 2.15. The maximum Gasteiger partial charge on any atom is 0.342 e. The minimum Gasteiger partial charge on any atom is -0.507 e. The number of nitrogens with zero attached hydrogens (tertiary/aromatic N) is 3. The minimum absolute atomic E-state index is 0.0131. The van der Waals surface area contributed by atoms with Crippen LogP contribution in [0.5, 0.6) is 0 Å². The Bertz CT molecular complexity index is 602. The van der Waals surface area contributed by atoms with E-state index >= 15 is 0 Å². The molecule has 18 heavy (non-hydrogen) atoms. The fraction of sp³-hybridized carbons (Fsp3) is 0.0833. The fourth-order valence-corrected chi connectivity index (χ4v) is 1.53. The molecule has 0 aliphatic heterocycles. The summed E-state index contributed by atoms with van der Waals surface area (Å²) in [5.74, 6) is 0.212. The van der Waals surface area contributed by atoms with Crippen molar-refractivity contribution in [2.75, 3.05) is 0 Å². The molecule has 0 unspecified atom stereocenters. The SMILES string of the molecule is Cn1c([N+](=O)[O-])cnc1C=C(O)c1ccccc1. The molecule has 0 spiro atoms. The Morgan fingerprint density at radius 2 is 2.11 bits per heavy atom. The van der Waals surface area contributed by atoms with Gasteiger partial charge in [0.25, 0.3) is 0 Å². The zero-order chi connectivity index (χ0) is 13.1. The van der Waals surface area contributed by atoms with E-state index in [4.69, 9.17) is 0 Å². The van der Waals surface area contributed by atoms with E-state index in [1.807, 2.05) is 6.07 Å². The summed E-state index contributed by atoms with van der Waals surface area (Å²) in [4.78, 5) is 14.0. The lowest BCUT2D eigenvalue weighted by Crippen LogP contribution is -1.99. The van der Waals surface area contributed by atoms with Crippen molar-refractivity contribution in [2.45, 2.75) is 0 Å². The van der Waals surface area contributed by atoms with E-state index < -0.39 is 4.92 Å². The first-order valence-corrected chi connectivity index (χ1v) is 5.22. The molecule has 0 bridgehead atoms. The second-order valence-corrected chi connectivity index (χ2v) is 3.69. The van der Waals surface area contributed by atoms with Crippen LogP contribution >= 0.6 is 0 Å². The van der Waals surface area contributed by atoms with Gasteiger partial charge in [-0.05, 0) is 4.92 Å². The van der Waals surface area contributed by atoms with E-state index in [9.17, 15) is 15.2 Å². The number of hydrogen-bond acceptors (Lipinski definition) is 4. The third kappa shape index (κ3) is 2.22. The molecule has 6 nitrogen and oxygen atoms in total. The van der Waals surface area contributed by atoms with Gasteiger partial charge >= 0.3 is 5.82 Å². The molecule has 0 aliphatic carbocycles. The van der Waals surface area contributed by atoms with Crippen LogP contribution in [0, 0.1) is 10.1 Å². The van der Waals surface area contributed by atoms with Crippen molar-refractivity contribution in [1.82, 2.24) is 9.55 Å². The summed E-state index contributed by atoms with van der Waals surface area (Å²) in [6, 6.07) is 8.90. The van der Waals surface area contributed by atoms with Crippen LogP contribution in [0.4, 0.5) is 5.82 Å². The van der Waals surface area contributed by atoms with Gasteiger partial charge in [0.15, 0.2) is 0 Å². The lowest BCUT2D eigenvalue weighted by molar-refractivity contribution is -0.391. The van der Waals surface area contributed by atoms with E-state index in [0.29, 0.717) is 11.4 Å². The van der Waals surface area contributed by atoms with Crippen LogP contribution in [0.2, 0.25) is 0 Å². The molecule has 2 aromatic rings. The van der Waals surface area contributed by atoms with E-state index in [1.54, 1.807) is 24.3 Å². The number of aliphatic hydroxyl groups is 1. The van der Waals surface area contributed by atoms with Crippen LogP contribution in [0.25, 0.3) is 11.8 Å². The summed E-state index contributed by atoms with van der Waals surface area (Å²) < 4.78 is 1.30. The molecule has 0 fully saturated rings. The Morgan fingerprint density at radius 1 is 1.44 bits per heavy atom. The van der Waals surface area contributed by atoms with Gasteiger partial charge < -0.3 is 15.2 Å². The minimum atomic E-state index is -0.524. The van der Waals surface area contributed by atoms with Gasteiger partial charge in [0.1, 0.15) is 12.0 Å². The van der Waals surface area contributed by atoms with Gasteiger partial charge in [-0.1, -0.05) is 30.3 Å². The molecule has 0 radical (unpaired) electrons. The van der Waals surface area contributed by atoms with Gasteiger partial charge in [-0.3, -0.25) is 0 Å². The Balaban J connectivity index is 2.37. The average Bonchev–Trinajstić information content (AvgIpc) is 2.72. The number of rotatable bonds is 3. The molecule has 2 rings (SSSR count). The quantitative estimate of drug-likeness (QED) is 0.511. The number of aromatic nitrogens is 2. The van der Waals surface area contributed by atoms with Gasteiger partial charge in [-0.25, -0.2) is 9.55 Å². The van der Waals surface area contributed by atoms with Crippen LogP contribution in [0.1, 0.15) is 11.4 Å². The Kier molecular flexibility index (Phi) is 3.09. The van der Waals surface area contributed by atoms with E-state index in [1.165, 1.54) is 17.7 Å². The number of nitro groups is 1. The highest BCUT2D eigenvalue weighted by atomic mass is 16.6. The predicted molar refractivity (Wildman–Crippen MR) is 66.8 cm³/mol. The molecule has 0 aliphatic rings. The normalized spacial score (nSPS) is 11.5. The van der Waals surface area contributed by atoms with Crippen molar-refractivity contribution in [3.63, 3.8) is 0 Å². The zero-order valence-electron chi connectivity index (χ0n) is 9.65. The lowest BCUT2D eigenvalue weighted by atomic mass is 10.2. The molecule has 92 valence electrons. The van der Waals surface area contributed by atoms with Crippen molar-refractivity contribution < 1.29 is 10.0 Å². The summed E-state index contributed by atoms with van der Waals surface area (Å²) in [6.07, 6.45) is 2.55. The van der Waals surface area contributed by atoms with Gasteiger partial charge in [-0.2, -0.15) is 0 Å². The monoisotopic (exact) mass is 245 g/mol. The first-order valence-electron chi connectivity index (χ1n) is 5.22. The van der Waals surface area contributed by atoms with E-state index in [0.717, 1.165) is 6.20 Å². The maximum atomic E-state index is 10.7. The summed E-state index contributed by atoms with van der Waals surface area (Å²) in [7, 11) is 1.52. The first-order chi connectivity index (χ1) is 8.59. The first kappa shape index (κ1) is 11.8. The molecule has 1 aromatic heterocycles. The van der Waals surface area contributed by atoms with E-state index in [2.05, 4.69) is 4.98 Å². The number of imidazole rings is 1. The van der Waals surface area contributed by atoms with Crippen LogP contribution < -0.4 is 0 Å². The smallest absolute Gasteiger partial charge is 0.342 e. The van der Waals surface area contributed by atoms with Crippen molar-refractivity contribution in [1.29, 1.82) is 0 Å². The predicted octanol–water partition coefficient (Wildman–Crippen LogP) is 2.38. The van der Waals surface area contributed by atoms with Crippen molar-refractivity contribution in [3.8, 4) is 0 Å². The summed E-state index contributed by atoms with van der Waals surface area (Å²) >= 11 is 0. The highest BCUT2D eigenvalue weighted by molar-refractivity contribution is 5.74. The molecule has 6 heteroatoms.